The van der Waals surface area contributed by atoms with Crippen LogP contribution in [0.25, 0.3) is 10.8 Å². The molecule has 1 aliphatic rings. The van der Waals surface area contributed by atoms with Crippen molar-refractivity contribution in [2.24, 2.45) is 23.7 Å². The molecule has 4 amide bonds. The highest BCUT2D eigenvalue weighted by Crippen LogP contribution is 2.30. The number of pyridine rings is 1. The molecule has 53 heavy (non-hydrogen) atoms. The molecule has 1 aromatic carbocycles. The van der Waals surface area contributed by atoms with Crippen LogP contribution in [0.5, 0.6) is 0 Å². The molecule has 296 valence electrons. The van der Waals surface area contributed by atoms with Gasteiger partial charge in [-0.25, -0.2) is 0 Å². The van der Waals surface area contributed by atoms with E-state index in [-0.39, 0.29) is 53.8 Å². The van der Waals surface area contributed by atoms with E-state index in [0.717, 1.165) is 29.2 Å². The summed E-state index contributed by atoms with van der Waals surface area (Å²) in [6.07, 6.45) is 5.56. The van der Waals surface area contributed by atoms with E-state index in [1.54, 1.807) is 33.2 Å². The molecule has 0 saturated carbocycles. The van der Waals surface area contributed by atoms with E-state index in [1.807, 2.05) is 70.1 Å². The maximum Gasteiger partial charge on any atom is 0.245 e. The number of hydrogen-bond acceptors (Lipinski definition) is 8. The SMILES string of the molecule is CC[C@H](C)C([C@@H](CC(=O)N1CCC[C@H]1[C@H](OC)[C@@H](C)C(=O)NCCc1cncc2ccccc12)OC)N(C)C(=O)[C@@H](NC(=O)[C@@H](NC)C(C)C)C(C)C. The van der Waals surface area contributed by atoms with Crippen LogP contribution in [-0.2, 0) is 35.1 Å². The molecule has 0 spiro atoms. The van der Waals surface area contributed by atoms with E-state index < -0.39 is 36.3 Å². The first-order chi connectivity index (χ1) is 25.2. The lowest BCUT2D eigenvalue weighted by Gasteiger charge is -2.41. The largest absolute Gasteiger partial charge is 0.379 e. The Morgan fingerprint density at radius 2 is 1.64 bits per heavy atom. The Morgan fingerprint density at radius 3 is 2.25 bits per heavy atom. The van der Waals surface area contributed by atoms with E-state index in [4.69, 9.17) is 9.47 Å². The van der Waals surface area contributed by atoms with E-state index in [1.165, 1.54) is 0 Å². The molecular weight excluding hydrogens is 672 g/mol. The number of likely N-dealkylation sites (N-methyl/N-ethyl adjacent to an activating group) is 2. The number of carbonyl (C=O) groups is 4. The van der Waals surface area contributed by atoms with Gasteiger partial charge in [-0.15, -0.1) is 0 Å². The number of nitrogens with zero attached hydrogens (tertiary/aromatic N) is 3. The van der Waals surface area contributed by atoms with Gasteiger partial charge in [0.05, 0.1) is 42.7 Å². The highest BCUT2D eigenvalue weighted by atomic mass is 16.5. The fourth-order valence-electron chi connectivity index (χ4n) is 7.91. The predicted molar refractivity (Wildman–Crippen MR) is 209 cm³/mol. The fraction of sp³-hybridized carbons (Fsp3) is 0.683. The minimum absolute atomic E-state index is 0.000377. The molecule has 8 atom stereocenters. The molecule has 0 aliphatic carbocycles. The van der Waals surface area contributed by atoms with Crippen molar-refractivity contribution in [3.05, 3.63) is 42.2 Å². The van der Waals surface area contributed by atoms with Crippen LogP contribution < -0.4 is 16.0 Å². The molecule has 12 nitrogen and oxygen atoms in total. The van der Waals surface area contributed by atoms with Crippen LogP contribution in [0.1, 0.15) is 79.7 Å². The molecule has 0 radical (unpaired) electrons. The third-order valence-corrected chi connectivity index (χ3v) is 11.2. The maximum atomic E-state index is 14.2. The second-order valence-corrected chi connectivity index (χ2v) is 15.4. The minimum Gasteiger partial charge on any atom is -0.379 e. The maximum absolute atomic E-state index is 14.2. The number of fused-ring (bicyclic) bond motifs is 1. The molecule has 0 bridgehead atoms. The van der Waals surface area contributed by atoms with Crippen molar-refractivity contribution in [2.75, 3.05) is 41.4 Å². The number of carbonyl (C=O) groups excluding carboxylic acids is 4. The standard InChI is InChI=1S/C41H66N6O6/c1-12-27(6)37(46(9)41(51)36(26(4)5)45-40(50)35(42-8)25(2)3)33(52-10)22-34(48)47-21-15-18-32(47)38(53-11)28(7)39(49)44-20-19-30-24-43-23-29-16-13-14-17-31(29)30/h13-14,16-17,23-28,32-33,35-38,42H,12,15,18-22H2,1-11H3,(H,44,49)(H,45,50)/t27-,28+,32-,33+,35-,36-,37?,38+/m0/s1. The van der Waals surface area contributed by atoms with Crippen LogP contribution in [0.3, 0.4) is 0 Å². The lowest BCUT2D eigenvalue weighted by Crippen LogP contribution is -2.59. The Hall–Kier alpha value is -3.61. The van der Waals surface area contributed by atoms with Crippen LogP contribution in [-0.4, -0.2) is 116 Å². The van der Waals surface area contributed by atoms with Crippen LogP contribution in [0.2, 0.25) is 0 Å². The third-order valence-electron chi connectivity index (χ3n) is 11.2. The number of ether oxygens (including phenoxy) is 2. The average Bonchev–Trinajstić information content (AvgIpc) is 3.63. The number of amides is 4. The molecular formula is C41H66N6O6. The highest BCUT2D eigenvalue weighted by molar-refractivity contribution is 5.90. The first-order valence-corrected chi connectivity index (χ1v) is 19.4. The molecule has 2 heterocycles. The fourth-order valence-corrected chi connectivity index (χ4v) is 7.91. The second-order valence-electron chi connectivity index (χ2n) is 15.4. The number of benzene rings is 1. The lowest BCUT2D eigenvalue weighted by atomic mass is 9.89. The van der Waals surface area contributed by atoms with Gasteiger partial charge in [0, 0.05) is 52.1 Å². The predicted octanol–water partition coefficient (Wildman–Crippen LogP) is 4.20. The zero-order valence-electron chi connectivity index (χ0n) is 34.0. The molecule has 1 unspecified atom stereocenters. The van der Waals surface area contributed by atoms with Crippen molar-refractivity contribution in [1.82, 2.24) is 30.7 Å². The van der Waals surface area contributed by atoms with Crippen molar-refractivity contribution in [3.63, 3.8) is 0 Å². The summed E-state index contributed by atoms with van der Waals surface area (Å²) in [6.45, 7) is 14.7. The topological polar surface area (TPSA) is 142 Å². The van der Waals surface area contributed by atoms with Gasteiger partial charge in [0.15, 0.2) is 0 Å². The van der Waals surface area contributed by atoms with Crippen molar-refractivity contribution in [3.8, 4) is 0 Å². The second kappa shape index (κ2) is 20.7. The van der Waals surface area contributed by atoms with E-state index >= 15 is 0 Å². The Balaban J connectivity index is 1.72. The number of hydrogen-bond donors (Lipinski definition) is 3. The summed E-state index contributed by atoms with van der Waals surface area (Å²) in [6, 6.07) is 6.19. The van der Waals surface area contributed by atoms with Gasteiger partial charge in [0.1, 0.15) is 6.04 Å². The Labute approximate surface area is 317 Å². The summed E-state index contributed by atoms with van der Waals surface area (Å²) in [5, 5.41) is 11.3. The molecule has 3 rings (SSSR count). The van der Waals surface area contributed by atoms with Gasteiger partial charge in [-0.3, -0.25) is 24.2 Å². The summed E-state index contributed by atoms with van der Waals surface area (Å²) in [5.74, 6) is -1.29. The number of nitrogens with one attached hydrogen (secondary N) is 3. The summed E-state index contributed by atoms with van der Waals surface area (Å²) >= 11 is 0. The molecule has 3 N–H and O–H groups in total. The van der Waals surface area contributed by atoms with E-state index in [9.17, 15) is 19.2 Å². The molecule has 2 aromatic rings. The number of methoxy groups -OCH3 is 2. The van der Waals surface area contributed by atoms with Crippen LogP contribution in [0.4, 0.5) is 0 Å². The lowest BCUT2D eigenvalue weighted by molar-refractivity contribution is -0.147. The van der Waals surface area contributed by atoms with Gasteiger partial charge >= 0.3 is 0 Å². The molecule has 1 aliphatic heterocycles. The monoisotopic (exact) mass is 739 g/mol. The normalized spacial score (nSPS) is 18.7. The molecule has 1 saturated heterocycles. The number of aromatic nitrogens is 1. The molecule has 1 aromatic heterocycles. The van der Waals surface area contributed by atoms with Gasteiger partial charge < -0.3 is 35.2 Å². The van der Waals surface area contributed by atoms with Gasteiger partial charge in [-0.05, 0) is 55.0 Å². The average molecular weight is 739 g/mol. The van der Waals surface area contributed by atoms with Crippen LogP contribution >= 0.6 is 0 Å². The molecule has 12 heteroatoms. The summed E-state index contributed by atoms with van der Waals surface area (Å²) in [7, 11) is 6.65. The minimum atomic E-state index is -0.747. The van der Waals surface area contributed by atoms with Crippen LogP contribution in [0.15, 0.2) is 36.7 Å². The number of likely N-dealkylation sites (tertiary alicyclic amines) is 1. The first kappa shape index (κ1) is 43.8. The van der Waals surface area contributed by atoms with Gasteiger partial charge in [0.2, 0.25) is 23.6 Å². The van der Waals surface area contributed by atoms with E-state index in [0.29, 0.717) is 25.9 Å². The Bertz CT molecular complexity index is 1500. The van der Waals surface area contributed by atoms with Gasteiger partial charge in [0.25, 0.3) is 0 Å². The Morgan fingerprint density at radius 1 is 0.962 bits per heavy atom. The van der Waals surface area contributed by atoms with Gasteiger partial charge in [-0.1, -0.05) is 79.2 Å². The summed E-state index contributed by atoms with van der Waals surface area (Å²) in [5.41, 5.74) is 1.07. The van der Waals surface area contributed by atoms with Crippen molar-refractivity contribution < 1.29 is 28.7 Å². The Kier molecular flexibility index (Phi) is 17.1. The van der Waals surface area contributed by atoms with Crippen molar-refractivity contribution in [1.29, 1.82) is 0 Å². The third kappa shape index (κ3) is 11.0. The quantitative estimate of drug-likeness (QED) is 0.184. The van der Waals surface area contributed by atoms with Crippen LogP contribution in [0, 0.1) is 23.7 Å². The van der Waals surface area contributed by atoms with Crippen molar-refractivity contribution >= 4 is 34.4 Å². The van der Waals surface area contributed by atoms with E-state index in [2.05, 4.69) is 40.8 Å². The molecule has 1 fully saturated rings. The highest BCUT2D eigenvalue weighted by Gasteiger charge is 2.43. The van der Waals surface area contributed by atoms with Crippen molar-refractivity contribution in [2.45, 2.75) is 117 Å². The zero-order valence-corrected chi connectivity index (χ0v) is 34.0. The number of rotatable bonds is 20. The van der Waals surface area contributed by atoms with Gasteiger partial charge in [-0.2, -0.15) is 0 Å². The summed E-state index contributed by atoms with van der Waals surface area (Å²) < 4.78 is 12.0. The summed E-state index contributed by atoms with van der Waals surface area (Å²) in [4.78, 5) is 62.8. The zero-order chi connectivity index (χ0) is 39.4. The smallest absolute Gasteiger partial charge is 0.245 e. The first-order valence-electron chi connectivity index (χ1n) is 19.4.